The van der Waals surface area contributed by atoms with Gasteiger partial charge in [0.05, 0.1) is 18.3 Å². The lowest BCUT2D eigenvalue weighted by molar-refractivity contribution is 0.0741. The van der Waals surface area contributed by atoms with E-state index >= 15 is 0 Å². The van der Waals surface area contributed by atoms with Gasteiger partial charge in [-0.3, -0.25) is 4.79 Å². The van der Waals surface area contributed by atoms with Gasteiger partial charge in [-0.15, -0.1) is 0 Å². The van der Waals surface area contributed by atoms with Crippen LogP contribution in [0.25, 0.3) is 16.8 Å². The Bertz CT molecular complexity index is 1060. The number of carbonyl (C=O) groups excluding carboxylic acids is 1. The number of hydrogen-bond acceptors (Lipinski definition) is 4. The monoisotopic (exact) mass is 464 g/mol. The highest BCUT2D eigenvalue weighted by atomic mass is 16.5. The van der Waals surface area contributed by atoms with Crippen LogP contribution in [0.4, 0.5) is 0 Å². The van der Waals surface area contributed by atoms with Gasteiger partial charge < -0.3 is 15.4 Å². The van der Waals surface area contributed by atoms with Gasteiger partial charge in [0.1, 0.15) is 5.75 Å². The van der Waals surface area contributed by atoms with Crippen molar-refractivity contribution in [2.75, 3.05) is 26.7 Å². The highest BCUT2D eigenvalue weighted by Crippen LogP contribution is 2.29. The summed E-state index contributed by atoms with van der Waals surface area (Å²) in [5.74, 6) is 2.02. The predicted octanol–water partition coefficient (Wildman–Crippen LogP) is 5.44. The molecule has 0 aliphatic carbocycles. The predicted molar refractivity (Wildman–Crippen MR) is 139 cm³/mol. The molecule has 0 unspecified atom stereocenters. The minimum Gasteiger partial charge on any atom is -0.497 e. The summed E-state index contributed by atoms with van der Waals surface area (Å²) in [6, 6.07) is 11.8. The first-order valence-electron chi connectivity index (χ1n) is 12.5. The van der Waals surface area contributed by atoms with Crippen LogP contribution in [0, 0.1) is 11.8 Å². The molecule has 2 heterocycles. The van der Waals surface area contributed by atoms with Crippen molar-refractivity contribution >= 4 is 11.4 Å². The Hall–Kier alpha value is -2.86. The summed E-state index contributed by atoms with van der Waals surface area (Å²) < 4.78 is 7.19. The maximum Gasteiger partial charge on any atom is 0.253 e. The molecule has 34 heavy (non-hydrogen) atoms. The summed E-state index contributed by atoms with van der Waals surface area (Å²) in [6.45, 7) is 11.0. The smallest absolute Gasteiger partial charge is 0.253 e. The van der Waals surface area contributed by atoms with Gasteiger partial charge in [-0.05, 0) is 80.5 Å². The zero-order chi connectivity index (χ0) is 24.7. The van der Waals surface area contributed by atoms with E-state index in [1.807, 2.05) is 52.0 Å². The van der Waals surface area contributed by atoms with E-state index in [1.54, 1.807) is 7.11 Å². The number of nitrogens with two attached hydrogens (primary N) is 1. The third kappa shape index (κ3) is 6.38. The van der Waals surface area contributed by atoms with Crippen molar-refractivity contribution in [3.05, 3.63) is 53.7 Å². The number of benzene rings is 1. The molecule has 0 bridgehead atoms. The Morgan fingerprint density at radius 1 is 1.06 bits per heavy atom. The van der Waals surface area contributed by atoms with E-state index in [2.05, 4.69) is 27.7 Å². The number of amides is 1. The van der Waals surface area contributed by atoms with Crippen molar-refractivity contribution in [1.82, 2.24) is 14.5 Å². The second-order valence-corrected chi connectivity index (χ2v) is 9.85. The average molecular weight is 465 g/mol. The topological polar surface area (TPSA) is 72.9 Å². The van der Waals surface area contributed by atoms with Crippen LogP contribution in [0.2, 0.25) is 0 Å². The van der Waals surface area contributed by atoms with Crippen LogP contribution in [0.3, 0.4) is 0 Å². The molecule has 0 aliphatic heterocycles. The number of fused-ring (bicyclic) bond motifs is 1. The fourth-order valence-electron chi connectivity index (χ4n) is 4.06. The SMILES string of the molecule is COc1ccc(-c2nn3ccc(C(=O)N(CCC(C)C)CCC(C)C)cc3c2CCCN)cc1. The molecule has 0 saturated heterocycles. The van der Waals surface area contributed by atoms with Gasteiger partial charge in [0.2, 0.25) is 0 Å². The van der Waals surface area contributed by atoms with Crippen molar-refractivity contribution < 1.29 is 9.53 Å². The third-order valence-corrected chi connectivity index (χ3v) is 6.22. The molecule has 1 aromatic carbocycles. The number of aryl methyl sites for hydroxylation is 1. The number of aromatic nitrogens is 2. The van der Waals surface area contributed by atoms with Crippen LogP contribution in [0.5, 0.6) is 5.75 Å². The fourth-order valence-corrected chi connectivity index (χ4v) is 4.06. The summed E-state index contributed by atoms with van der Waals surface area (Å²) >= 11 is 0. The van der Waals surface area contributed by atoms with Gasteiger partial charge in [0.15, 0.2) is 0 Å². The maximum atomic E-state index is 13.5. The lowest BCUT2D eigenvalue weighted by Crippen LogP contribution is -2.34. The minimum absolute atomic E-state index is 0.0979. The number of rotatable bonds is 12. The van der Waals surface area contributed by atoms with Crippen LogP contribution in [0.1, 0.15) is 62.9 Å². The van der Waals surface area contributed by atoms with E-state index in [-0.39, 0.29) is 5.91 Å². The van der Waals surface area contributed by atoms with Crippen LogP contribution in [0.15, 0.2) is 42.6 Å². The minimum atomic E-state index is 0.0979. The number of carbonyl (C=O) groups is 1. The number of methoxy groups -OCH3 is 1. The van der Waals surface area contributed by atoms with E-state index < -0.39 is 0 Å². The second-order valence-electron chi connectivity index (χ2n) is 9.85. The zero-order valence-corrected chi connectivity index (χ0v) is 21.4. The highest BCUT2D eigenvalue weighted by Gasteiger charge is 2.20. The molecular weight excluding hydrogens is 424 g/mol. The van der Waals surface area contributed by atoms with Crippen molar-refractivity contribution in [2.24, 2.45) is 17.6 Å². The van der Waals surface area contributed by atoms with Gasteiger partial charge in [0.25, 0.3) is 5.91 Å². The third-order valence-electron chi connectivity index (χ3n) is 6.22. The van der Waals surface area contributed by atoms with Crippen LogP contribution in [-0.4, -0.2) is 47.2 Å². The van der Waals surface area contributed by atoms with E-state index in [4.69, 9.17) is 15.6 Å². The molecule has 6 heteroatoms. The first-order chi connectivity index (χ1) is 16.3. The van der Waals surface area contributed by atoms with Crippen molar-refractivity contribution in [2.45, 2.75) is 53.4 Å². The molecule has 2 N–H and O–H groups in total. The van der Waals surface area contributed by atoms with Gasteiger partial charge in [-0.1, -0.05) is 27.7 Å². The van der Waals surface area contributed by atoms with E-state index in [9.17, 15) is 4.79 Å². The molecular formula is C28H40N4O2. The number of hydrogen-bond donors (Lipinski definition) is 1. The van der Waals surface area contributed by atoms with E-state index in [0.717, 1.165) is 72.4 Å². The quantitative estimate of drug-likeness (QED) is 0.388. The van der Waals surface area contributed by atoms with Gasteiger partial charge >= 0.3 is 0 Å². The summed E-state index contributed by atoms with van der Waals surface area (Å²) in [6.07, 6.45) is 5.58. The highest BCUT2D eigenvalue weighted by molar-refractivity contribution is 5.95. The Morgan fingerprint density at radius 3 is 2.26 bits per heavy atom. The molecule has 0 atom stereocenters. The molecule has 0 fully saturated rings. The molecule has 3 aromatic rings. The standard InChI is InChI=1S/C28H40N4O2/c1-20(2)12-16-31(17-13-21(3)4)28(33)23-14-18-32-26(19-23)25(7-6-15-29)27(30-32)22-8-10-24(34-5)11-9-22/h8-11,14,18-21H,6-7,12-13,15-17,29H2,1-5H3. The molecule has 0 aliphatic rings. The molecule has 1 amide bonds. The largest absolute Gasteiger partial charge is 0.497 e. The Morgan fingerprint density at radius 2 is 1.71 bits per heavy atom. The van der Waals surface area contributed by atoms with Crippen LogP contribution >= 0.6 is 0 Å². The molecule has 2 aromatic heterocycles. The summed E-state index contributed by atoms with van der Waals surface area (Å²) in [5, 5.41) is 4.87. The fraction of sp³-hybridized carbons (Fsp3) is 0.500. The molecule has 0 radical (unpaired) electrons. The maximum absolute atomic E-state index is 13.5. The lowest BCUT2D eigenvalue weighted by Gasteiger charge is -2.24. The molecule has 6 nitrogen and oxygen atoms in total. The molecule has 184 valence electrons. The molecule has 0 spiro atoms. The summed E-state index contributed by atoms with van der Waals surface area (Å²) in [4.78, 5) is 15.6. The summed E-state index contributed by atoms with van der Waals surface area (Å²) in [7, 11) is 1.66. The molecule has 0 saturated carbocycles. The Kier molecular flexibility index (Phi) is 9.11. The lowest BCUT2D eigenvalue weighted by atomic mass is 10.0. The molecule has 3 rings (SSSR count). The average Bonchev–Trinajstić information content (AvgIpc) is 3.19. The van der Waals surface area contributed by atoms with Gasteiger partial charge in [0, 0.05) is 36.0 Å². The first-order valence-corrected chi connectivity index (χ1v) is 12.5. The van der Waals surface area contributed by atoms with Gasteiger partial charge in [-0.25, -0.2) is 4.52 Å². The second kappa shape index (κ2) is 12.0. The zero-order valence-electron chi connectivity index (χ0n) is 21.4. The number of ether oxygens (including phenoxy) is 1. The Labute approximate surface area is 204 Å². The number of nitrogens with zero attached hydrogens (tertiary/aromatic N) is 3. The van der Waals surface area contributed by atoms with Crippen molar-refractivity contribution in [1.29, 1.82) is 0 Å². The summed E-state index contributed by atoms with van der Waals surface area (Å²) in [5.41, 5.74) is 10.6. The Balaban J connectivity index is 1.99. The first kappa shape index (κ1) is 25.8. The van der Waals surface area contributed by atoms with Crippen molar-refractivity contribution in [3.8, 4) is 17.0 Å². The van der Waals surface area contributed by atoms with E-state index in [0.29, 0.717) is 18.4 Å². The van der Waals surface area contributed by atoms with E-state index in [1.165, 1.54) is 0 Å². The van der Waals surface area contributed by atoms with Gasteiger partial charge in [-0.2, -0.15) is 5.10 Å². The normalized spacial score (nSPS) is 11.5. The van der Waals surface area contributed by atoms with Crippen LogP contribution in [-0.2, 0) is 6.42 Å². The number of pyridine rings is 1. The van der Waals surface area contributed by atoms with Crippen molar-refractivity contribution in [3.63, 3.8) is 0 Å². The van der Waals surface area contributed by atoms with Crippen LogP contribution < -0.4 is 10.5 Å².